The van der Waals surface area contributed by atoms with Crippen molar-refractivity contribution < 1.29 is 14.2 Å². The SMILES string of the molecule is CCNC(=NCc1cccc(COC(C)C)c1)NCCCOCC1CCOC1.I. The predicted octanol–water partition coefficient (Wildman–Crippen LogP) is 3.73. The fourth-order valence-electron chi connectivity index (χ4n) is 2.94. The standard InChI is InChI=1S/C22H37N3O3.HI/c1-4-23-22(24-10-6-11-26-15-21-9-12-27-16-21)25-14-19-7-5-8-20(13-19)17-28-18(2)3;/h5,7-8,13,18,21H,4,6,9-12,14-17H2,1-3H3,(H2,23,24,25);1H. The van der Waals surface area contributed by atoms with Crippen molar-refractivity contribution >= 4 is 29.9 Å². The van der Waals surface area contributed by atoms with E-state index in [2.05, 4.69) is 55.7 Å². The molecule has 6 nitrogen and oxygen atoms in total. The zero-order valence-corrected chi connectivity index (χ0v) is 20.4. The van der Waals surface area contributed by atoms with Gasteiger partial charge in [-0.05, 0) is 44.7 Å². The van der Waals surface area contributed by atoms with Gasteiger partial charge in [0.05, 0.1) is 32.5 Å². The smallest absolute Gasteiger partial charge is 0.191 e. The molecular formula is C22H38IN3O3. The third kappa shape index (κ3) is 11.8. The van der Waals surface area contributed by atoms with E-state index in [-0.39, 0.29) is 30.1 Å². The normalized spacial score (nSPS) is 16.7. The van der Waals surface area contributed by atoms with E-state index in [4.69, 9.17) is 19.2 Å². The lowest BCUT2D eigenvalue weighted by Gasteiger charge is -2.12. The Bertz CT molecular complexity index is 578. The molecule has 166 valence electrons. The molecule has 0 amide bonds. The first kappa shape index (κ1) is 26.1. The molecule has 0 radical (unpaired) electrons. The van der Waals surface area contributed by atoms with Gasteiger partial charge in [-0.1, -0.05) is 24.3 Å². The average molecular weight is 519 g/mol. The van der Waals surface area contributed by atoms with E-state index in [1.54, 1.807) is 0 Å². The second-order valence-electron chi connectivity index (χ2n) is 7.46. The van der Waals surface area contributed by atoms with Crippen molar-refractivity contribution in [1.82, 2.24) is 10.6 Å². The van der Waals surface area contributed by atoms with Crippen molar-refractivity contribution in [3.05, 3.63) is 35.4 Å². The lowest BCUT2D eigenvalue weighted by Crippen LogP contribution is -2.38. The highest BCUT2D eigenvalue weighted by atomic mass is 127. The summed E-state index contributed by atoms with van der Waals surface area (Å²) in [5, 5.41) is 6.68. The molecule has 1 aromatic rings. The maximum Gasteiger partial charge on any atom is 0.191 e. The van der Waals surface area contributed by atoms with Crippen LogP contribution in [0.15, 0.2) is 29.3 Å². The van der Waals surface area contributed by atoms with E-state index in [9.17, 15) is 0 Å². The van der Waals surface area contributed by atoms with Gasteiger partial charge in [0, 0.05) is 32.2 Å². The molecule has 2 N–H and O–H groups in total. The quantitative estimate of drug-likeness (QED) is 0.191. The Morgan fingerprint density at radius 1 is 1.28 bits per heavy atom. The molecule has 1 aliphatic heterocycles. The van der Waals surface area contributed by atoms with Gasteiger partial charge in [-0.25, -0.2) is 4.99 Å². The topological polar surface area (TPSA) is 64.1 Å². The highest BCUT2D eigenvalue weighted by Crippen LogP contribution is 2.12. The summed E-state index contributed by atoms with van der Waals surface area (Å²) in [6.45, 7) is 12.4. The van der Waals surface area contributed by atoms with Crippen LogP contribution in [0, 0.1) is 5.92 Å². The molecule has 0 saturated carbocycles. The lowest BCUT2D eigenvalue weighted by atomic mass is 10.1. The molecule has 0 bridgehead atoms. The van der Waals surface area contributed by atoms with Gasteiger partial charge in [-0.3, -0.25) is 0 Å². The molecule has 0 aliphatic carbocycles. The maximum absolute atomic E-state index is 5.75. The first-order valence-electron chi connectivity index (χ1n) is 10.5. The molecule has 29 heavy (non-hydrogen) atoms. The molecule has 7 heteroatoms. The van der Waals surface area contributed by atoms with Gasteiger partial charge >= 0.3 is 0 Å². The van der Waals surface area contributed by atoms with E-state index >= 15 is 0 Å². The third-order valence-corrected chi connectivity index (χ3v) is 4.47. The largest absolute Gasteiger partial charge is 0.381 e. The third-order valence-electron chi connectivity index (χ3n) is 4.47. The zero-order valence-electron chi connectivity index (χ0n) is 18.1. The lowest BCUT2D eigenvalue weighted by molar-refractivity contribution is 0.0657. The van der Waals surface area contributed by atoms with E-state index in [1.807, 2.05) is 0 Å². The van der Waals surface area contributed by atoms with Crippen LogP contribution < -0.4 is 10.6 Å². The van der Waals surface area contributed by atoms with Crippen molar-refractivity contribution in [2.45, 2.75) is 52.9 Å². The van der Waals surface area contributed by atoms with E-state index in [0.717, 1.165) is 58.3 Å². The second-order valence-corrected chi connectivity index (χ2v) is 7.46. The number of hydrogen-bond acceptors (Lipinski definition) is 4. The van der Waals surface area contributed by atoms with Crippen LogP contribution >= 0.6 is 24.0 Å². The number of benzene rings is 1. The van der Waals surface area contributed by atoms with Gasteiger partial charge in [0.1, 0.15) is 0 Å². The van der Waals surface area contributed by atoms with Crippen LogP contribution in [0.25, 0.3) is 0 Å². The molecule has 1 atom stereocenters. The van der Waals surface area contributed by atoms with Crippen LogP contribution in [-0.4, -0.2) is 51.6 Å². The monoisotopic (exact) mass is 519 g/mol. The fourth-order valence-corrected chi connectivity index (χ4v) is 2.94. The molecule has 1 aromatic carbocycles. The Morgan fingerprint density at radius 3 is 2.83 bits per heavy atom. The molecule has 1 saturated heterocycles. The summed E-state index contributed by atoms with van der Waals surface area (Å²) in [4.78, 5) is 4.70. The molecule has 2 rings (SSSR count). The highest BCUT2D eigenvalue weighted by molar-refractivity contribution is 14.0. The van der Waals surface area contributed by atoms with Crippen LogP contribution in [0.4, 0.5) is 0 Å². The first-order valence-corrected chi connectivity index (χ1v) is 10.5. The number of nitrogens with one attached hydrogen (secondary N) is 2. The van der Waals surface area contributed by atoms with Gasteiger partial charge in [0.15, 0.2) is 5.96 Å². The Morgan fingerprint density at radius 2 is 2.10 bits per heavy atom. The van der Waals surface area contributed by atoms with Crippen molar-refractivity contribution in [1.29, 1.82) is 0 Å². The number of halogens is 1. The highest BCUT2D eigenvalue weighted by Gasteiger charge is 2.15. The van der Waals surface area contributed by atoms with Crippen LogP contribution in [0.1, 0.15) is 44.7 Å². The fraction of sp³-hybridized carbons (Fsp3) is 0.682. The Hall–Kier alpha value is -0.900. The van der Waals surface area contributed by atoms with Crippen LogP contribution in [-0.2, 0) is 27.4 Å². The van der Waals surface area contributed by atoms with E-state index in [0.29, 0.717) is 19.1 Å². The van der Waals surface area contributed by atoms with E-state index < -0.39 is 0 Å². The summed E-state index contributed by atoms with van der Waals surface area (Å²) < 4.78 is 16.8. The molecule has 1 fully saturated rings. The molecule has 0 spiro atoms. The molecule has 1 unspecified atom stereocenters. The van der Waals surface area contributed by atoms with Gasteiger partial charge in [-0.2, -0.15) is 0 Å². The number of ether oxygens (including phenoxy) is 3. The van der Waals surface area contributed by atoms with Gasteiger partial charge < -0.3 is 24.8 Å². The maximum atomic E-state index is 5.75. The van der Waals surface area contributed by atoms with Gasteiger partial charge in [-0.15, -0.1) is 24.0 Å². The summed E-state index contributed by atoms with van der Waals surface area (Å²) in [5.41, 5.74) is 2.37. The minimum Gasteiger partial charge on any atom is -0.381 e. The van der Waals surface area contributed by atoms with Crippen molar-refractivity contribution in [3.8, 4) is 0 Å². The number of nitrogens with zero attached hydrogens (tertiary/aromatic N) is 1. The Balaban J connectivity index is 0.00000420. The van der Waals surface area contributed by atoms with Crippen molar-refractivity contribution in [3.63, 3.8) is 0 Å². The summed E-state index contributed by atoms with van der Waals surface area (Å²) >= 11 is 0. The summed E-state index contributed by atoms with van der Waals surface area (Å²) in [6.07, 6.45) is 2.32. The van der Waals surface area contributed by atoms with Gasteiger partial charge in [0.2, 0.25) is 0 Å². The van der Waals surface area contributed by atoms with E-state index in [1.165, 1.54) is 11.1 Å². The number of hydrogen-bond donors (Lipinski definition) is 2. The number of rotatable bonds is 12. The summed E-state index contributed by atoms with van der Waals surface area (Å²) in [7, 11) is 0. The minimum atomic E-state index is 0. The summed E-state index contributed by atoms with van der Waals surface area (Å²) in [5.74, 6) is 1.42. The zero-order chi connectivity index (χ0) is 20.0. The van der Waals surface area contributed by atoms with Gasteiger partial charge in [0.25, 0.3) is 0 Å². The van der Waals surface area contributed by atoms with Crippen molar-refractivity contribution in [2.24, 2.45) is 10.9 Å². The van der Waals surface area contributed by atoms with Crippen LogP contribution in [0.3, 0.4) is 0 Å². The Kier molecular flexibility index (Phi) is 14.3. The minimum absolute atomic E-state index is 0. The number of aliphatic imine (C=N–C) groups is 1. The first-order chi connectivity index (χ1) is 13.7. The molecule has 1 aliphatic rings. The molecule has 1 heterocycles. The van der Waals surface area contributed by atoms with Crippen LogP contribution in [0.5, 0.6) is 0 Å². The molecular weight excluding hydrogens is 481 g/mol. The summed E-state index contributed by atoms with van der Waals surface area (Å²) in [6, 6.07) is 8.43. The Labute approximate surface area is 193 Å². The number of guanidine groups is 1. The average Bonchev–Trinajstić information content (AvgIpc) is 3.21. The van der Waals surface area contributed by atoms with Crippen molar-refractivity contribution in [2.75, 3.05) is 39.5 Å². The molecule has 0 aromatic heterocycles. The predicted molar refractivity (Wildman–Crippen MR) is 129 cm³/mol. The second kappa shape index (κ2) is 15.9. The van der Waals surface area contributed by atoms with Crippen LogP contribution in [0.2, 0.25) is 0 Å².